The molecule has 3 rings (SSSR count). The van der Waals surface area contributed by atoms with Crippen LogP contribution in [0.2, 0.25) is 0 Å². The van der Waals surface area contributed by atoms with E-state index in [0.29, 0.717) is 6.10 Å². The highest BCUT2D eigenvalue weighted by molar-refractivity contribution is 14.0. The first-order chi connectivity index (χ1) is 13.3. The maximum atomic E-state index is 5.79. The molecule has 1 heterocycles. The van der Waals surface area contributed by atoms with Crippen LogP contribution >= 0.6 is 24.0 Å². The fourth-order valence-corrected chi connectivity index (χ4v) is 4.06. The van der Waals surface area contributed by atoms with Gasteiger partial charge in [-0.1, -0.05) is 30.3 Å². The number of aliphatic imine (C=N–C) groups is 1. The summed E-state index contributed by atoms with van der Waals surface area (Å²) in [5.41, 5.74) is 1.51. The molecule has 1 aromatic rings. The van der Waals surface area contributed by atoms with Crippen LogP contribution in [-0.2, 0) is 9.47 Å². The summed E-state index contributed by atoms with van der Waals surface area (Å²) >= 11 is 0. The Morgan fingerprint density at radius 3 is 2.57 bits per heavy atom. The first kappa shape index (κ1) is 23.4. The smallest absolute Gasteiger partial charge is 0.190 e. The third-order valence-corrected chi connectivity index (χ3v) is 5.75. The summed E-state index contributed by atoms with van der Waals surface area (Å²) in [6.45, 7) is 4.27. The van der Waals surface area contributed by atoms with Gasteiger partial charge in [-0.05, 0) is 55.9 Å². The van der Waals surface area contributed by atoms with Gasteiger partial charge >= 0.3 is 0 Å². The minimum atomic E-state index is 0. The summed E-state index contributed by atoms with van der Waals surface area (Å²) in [5, 5.41) is 6.90. The van der Waals surface area contributed by atoms with E-state index in [9.17, 15) is 0 Å². The van der Waals surface area contributed by atoms with Gasteiger partial charge in [-0.2, -0.15) is 0 Å². The highest BCUT2D eigenvalue weighted by Gasteiger charge is 2.22. The highest BCUT2D eigenvalue weighted by atomic mass is 127. The molecule has 1 saturated heterocycles. The summed E-state index contributed by atoms with van der Waals surface area (Å²) < 4.78 is 11.1. The maximum absolute atomic E-state index is 5.79. The second-order valence-corrected chi connectivity index (χ2v) is 7.72. The normalized spacial score (nSPS) is 25.2. The van der Waals surface area contributed by atoms with E-state index in [1.54, 1.807) is 0 Å². The van der Waals surface area contributed by atoms with Crippen molar-refractivity contribution in [2.45, 2.75) is 50.5 Å². The second kappa shape index (κ2) is 13.4. The molecular formula is C22H36IN3O2. The topological polar surface area (TPSA) is 54.9 Å². The number of hydrogen-bond donors (Lipinski definition) is 2. The van der Waals surface area contributed by atoms with Crippen molar-refractivity contribution in [1.82, 2.24) is 10.6 Å². The Morgan fingerprint density at radius 1 is 1.11 bits per heavy atom. The molecule has 2 N–H and O–H groups in total. The van der Waals surface area contributed by atoms with Gasteiger partial charge in [0.05, 0.1) is 12.7 Å². The third-order valence-electron chi connectivity index (χ3n) is 5.75. The summed E-state index contributed by atoms with van der Waals surface area (Å²) in [6.07, 6.45) is 7.49. The summed E-state index contributed by atoms with van der Waals surface area (Å²) in [4.78, 5) is 4.34. The Kier molecular flexibility index (Phi) is 11.2. The molecule has 0 radical (unpaired) electrons. The lowest BCUT2D eigenvalue weighted by atomic mass is 9.79. The summed E-state index contributed by atoms with van der Waals surface area (Å²) in [6, 6.07) is 11.0. The van der Waals surface area contributed by atoms with Crippen LogP contribution in [0.4, 0.5) is 0 Å². The molecule has 1 aromatic carbocycles. The zero-order chi connectivity index (χ0) is 18.7. The van der Waals surface area contributed by atoms with Gasteiger partial charge in [-0.15, -0.1) is 24.0 Å². The van der Waals surface area contributed by atoms with Crippen LogP contribution in [0.25, 0.3) is 0 Å². The van der Waals surface area contributed by atoms with E-state index in [4.69, 9.17) is 9.47 Å². The van der Waals surface area contributed by atoms with E-state index in [0.717, 1.165) is 63.5 Å². The Balaban J connectivity index is 0.00000280. The quantitative estimate of drug-likeness (QED) is 0.245. The number of nitrogens with one attached hydrogen (secondary N) is 2. The van der Waals surface area contributed by atoms with Gasteiger partial charge in [0.25, 0.3) is 0 Å². The fraction of sp³-hybridized carbons (Fsp3) is 0.682. The number of benzene rings is 1. The molecule has 0 amide bonds. The van der Waals surface area contributed by atoms with Gasteiger partial charge in [-0.25, -0.2) is 0 Å². The Labute approximate surface area is 187 Å². The number of rotatable bonds is 8. The highest BCUT2D eigenvalue weighted by Crippen LogP contribution is 2.35. The maximum Gasteiger partial charge on any atom is 0.190 e. The molecule has 0 aromatic heterocycles. The van der Waals surface area contributed by atoms with Crippen molar-refractivity contribution in [3.05, 3.63) is 35.9 Å². The van der Waals surface area contributed by atoms with Crippen molar-refractivity contribution >= 4 is 29.9 Å². The van der Waals surface area contributed by atoms with Crippen LogP contribution in [0, 0.1) is 5.92 Å². The van der Waals surface area contributed by atoms with Crippen LogP contribution in [0.3, 0.4) is 0 Å². The van der Waals surface area contributed by atoms with E-state index >= 15 is 0 Å². The lowest BCUT2D eigenvalue weighted by molar-refractivity contribution is 0.0420. The first-order valence-corrected chi connectivity index (χ1v) is 10.5. The zero-order valence-corrected chi connectivity index (χ0v) is 19.4. The summed E-state index contributed by atoms with van der Waals surface area (Å²) in [7, 11) is 1.84. The Hall–Kier alpha value is -0.860. The molecule has 1 unspecified atom stereocenters. The van der Waals surface area contributed by atoms with Crippen molar-refractivity contribution < 1.29 is 9.47 Å². The van der Waals surface area contributed by atoms with E-state index in [2.05, 4.69) is 46.0 Å². The third kappa shape index (κ3) is 7.87. The van der Waals surface area contributed by atoms with E-state index < -0.39 is 0 Å². The Bertz CT molecular complexity index is 556. The van der Waals surface area contributed by atoms with Gasteiger partial charge in [0.2, 0.25) is 0 Å². The van der Waals surface area contributed by atoms with Crippen molar-refractivity contribution in [2.75, 3.05) is 40.0 Å². The molecule has 6 heteroatoms. The van der Waals surface area contributed by atoms with Crippen molar-refractivity contribution in [2.24, 2.45) is 10.9 Å². The van der Waals surface area contributed by atoms with E-state index in [1.807, 2.05) is 7.05 Å². The molecule has 0 spiro atoms. The molecular weight excluding hydrogens is 465 g/mol. The van der Waals surface area contributed by atoms with Gasteiger partial charge in [0.1, 0.15) is 0 Å². The minimum Gasteiger partial charge on any atom is -0.379 e. The predicted octanol–water partition coefficient (Wildman–Crippen LogP) is 3.94. The van der Waals surface area contributed by atoms with Gasteiger partial charge < -0.3 is 20.1 Å². The molecule has 1 aliphatic carbocycles. The molecule has 0 bridgehead atoms. The number of halogens is 1. The fourth-order valence-electron chi connectivity index (χ4n) is 4.06. The average Bonchev–Trinajstić information content (AvgIpc) is 3.25. The number of guanidine groups is 1. The minimum absolute atomic E-state index is 0. The first-order valence-electron chi connectivity index (χ1n) is 10.5. The van der Waals surface area contributed by atoms with Gasteiger partial charge in [0, 0.05) is 33.4 Å². The van der Waals surface area contributed by atoms with Crippen LogP contribution in [0.5, 0.6) is 0 Å². The standard InChI is InChI=1S/C22H35N3O2.HI/c1-23-22(24-13-5-14-27-21-12-15-26-17-21)25-16-18-8-10-20(11-9-18)19-6-3-2-4-7-19;/h2-4,6-7,18,20-21H,5,8-17H2,1H3,(H2,23,24,25);1H. The number of nitrogens with zero attached hydrogens (tertiary/aromatic N) is 1. The van der Waals surface area contributed by atoms with Crippen LogP contribution in [-0.4, -0.2) is 52.0 Å². The van der Waals surface area contributed by atoms with Gasteiger partial charge in [0.15, 0.2) is 5.96 Å². The van der Waals surface area contributed by atoms with Crippen molar-refractivity contribution in [1.29, 1.82) is 0 Å². The van der Waals surface area contributed by atoms with E-state index in [1.165, 1.54) is 31.2 Å². The molecule has 2 fully saturated rings. The molecule has 28 heavy (non-hydrogen) atoms. The molecule has 2 aliphatic rings. The second-order valence-electron chi connectivity index (χ2n) is 7.72. The van der Waals surface area contributed by atoms with Crippen molar-refractivity contribution in [3.8, 4) is 0 Å². The monoisotopic (exact) mass is 501 g/mol. The molecule has 158 valence electrons. The van der Waals surface area contributed by atoms with Crippen LogP contribution in [0.15, 0.2) is 35.3 Å². The largest absolute Gasteiger partial charge is 0.379 e. The van der Waals surface area contributed by atoms with Crippen LogP contribution < -0.4 is 10.6 Å². The van der Waals surface area contributed by atoms with Crippen LogP contribution in [0.1, 0.15) is 50.0 Å². The Morgan fingerprint density at radius 2 is 1.89 bits per heavy atom. The molecule has 1 saturated carbocycles. The molecule has 5 nitrogen and oxygen atoms in total. The number of hydrogen-bond acceptors (Lipinski definition) is 3. The SMILES string of the molecule is CN=C(NCCCOC1CCOC1)NCC1CCC(c2ccccc2)CC1.I. The lowest BCUT2D eigenvalue weighted by Gasteiger charge is -2.29. The average molecular weight is 501 g/mol. The molecule has 1 aliphatic heterocycles. The predicted molar refractivity (Wildman–Crippen MR) is 126 cm³/mol. The zero-order valence-electron chi connectivity index (χ0n) is 17.1. The van der Waals surface area contributed by atoms with E-state index in [-0.39, 0.29) is 24.0 Å². The molecule has 1 atom stereocenters. The van der Waals surface area contributed by atoms with Crippen molar-refractivity contribution in [3.63, 3.8) is 0 Å². The lowest BCUT2D eigenvalue weighted by Crippen LogP contribution is -2.41. The summed E-state index contributed by atoms with van der Waals surface area (Å²) in [5.74, 6) is 2.39. The number of ether oxygens (including phenoxy) is 2. The van der Waals surface area contributed by atoms with Gasteiger partial charge in [-0.3, -0.25) is 4.99 Å².